The SMILES string of the molecule is CCCCc1nc2ccnc(N)c2n1Cc1ccc(-c2ccccc2-c2nn[nH]n2)cc1. The molecular formula is C24H24N8. The zero-order chi connectivity index (χ0) is 21.9. The molecular weight excluding hydrogens is 400 g/mol. The van der Waals surface area contributed by atoms with Crippen molar-refractivity contribution >= 4 is 16.9 Å². The van der Waals surface area contributed by atoms with E-state index in [1.807, 2.05) is 24.3 Å². The van der Waals surface area contributed by atoms with Crippen molar-refractivity contribution in [3.63, 3.8) is 0 Å². The summed E-state index contributed by atoms with van der Waals surface area (Å²) in [5.74, 6) is 2.15. The third-order valence-corrected chi connectivity index (χ3v) is 5.64. The number of anilines is 1. The molecule has 5 rings (SSSR count). The minimum atomic E-state index is 0.517. The van der Waals surface area contributed by atoms with Crippen LogP contribution in [0.1, 0.15) is 31.2 Å². The number of tetrazole rings is 1. The average Bonchev–Trinajstić information content (AvgIpc) is 3.47. The van der Waals surface area contributed by atoms with Gasteiger partial charge in [-0.15, -0.1) is 10.2 Å². The maximum Gasteiger partial charge on any atom is 0.205 e. The van der Waals surface area contributed by atoms with E-state index in [0.717, 1.165) is 52.8 Å². The van der Waals surface area contributed by atoms with Crippen LogP contribution in [0.3, 0.4) is 0 Å². The number of imidazole rings is 1. The Hall–Kier alpha value is -4.07. The molecule has 0 saturated carbocycles. The summed E-state index contributed by atoms with van der Waals surface area (Å²) < 4.78 is 2.20. The number of nitrogens with one attached hydrogen (secondary N) is 1. The van der Waals surface area contributed by atoms with Gasteiger partial charge in [-0.25, -0.2) is 9.97 Å². The van der Waals surface area contributed by atoms with Gasteiger partial charge in [-0.1, -0.05) is 61.9 Å². The van der Waals surface area contributed by atoms with Crippen LogP contribution in [0.2, 0.25) is 0 Å². The van der Waals surface area contributed by atoms with Crippen LogP contribution in [0.25, 0.3) is 33.5 Å². The van der Waals surface area contributed by atoms with Gasteiger partial charge in [-0.05, 0) is 34.4 Å². The van der Waals surface area contributed by atoms with Gasteiger partial charge < -0.3 is 10.3 Å². The highest BCUT2D eigenvalue weighted by molar-refractivity contribution is 5.85. The molecule has 32 heavy (non-hydrogen) atoms. The minimum Gasteiger partial charge on any atom is -0.382 e. The summed E-state index contributed by atoms with van der Waals surface area (Å²) in [6.45, 7) is 2.88. The predicted molar refractivity (Wildman–Crippen MR) is 125 cm³/mol. The number of nitrogens with two attached hydrogens (primary N) is 1. The van der Waals surface area contributed by atoms with Crippen LogP contribution in [0, 0.1) is 0 Å². The number of pyridine rings is 1. The van der Waals surface area contributed by atoms with E-state index in [0.29, 0.717) is 18.2 Å². The molecule has 0 bridgehead atoms. The quantitative estimate of drug-likeness (QED) is 0.404. The van der Waals surface area contributed by atoms with Crippen molar-refractivity contribution in [2.45, 2.75) is 32.7 Å². The highest BCUT2D eigenvalue weighted by Crippen LogP contribution is 2.30. The van der Waals surface area contributed by atoms with Gasteiger partial charge in [0.05, 0.1) is 5.52 Å². The molecule has 8 nitrogen and oxygen atoms in total. The molecule has 0 aliphatic carbocycles. The molecule has 0 fully saturated rings. The summed E-state index contributed by atoms with van der Waals surface area (Å²) in [5.41, 5.74) is 12.3. The first-order valence-corrected chi connectivity index (χ1v) is 10.8. The first-order chi connectivity index (χ1) is 15.7. The van der Waals surface area contributed by atoms with Crippen LogP contribution in [0.15, 0.2) is 60.8 Å². The number of aryl methyl sites for hydroxylation is 1. The van der Waals surface area contributed by atoms with Crippen LogP contribution in [0.4, 0.5) is 5.82 Å². The number of nitrogen functional groups attached to an aromatic ring is 1. The summed E-state index contributed by atoms with van der Waals surface area (Å²) in [7, 11) is 0. The van der Waals surface area contributed by atoms with Crippen LogP contribution in [-0.4, -0.2) is 35.2 Å². The fraction of sp³-hybridized carbons (Fsp3) is 0.208. The Balaban J connectivity index is 1.49. The van der Waals surface area contributed by atoms with E-state index in [1.165, 1.54) is 5.56 Å². The van der Waals surface area contributed by atoms with Crippen molar-refractivity contribution in [2.75, 3.05) is 5.73 Å². The second-order valence-corrected chi connectivity index (χ2v) is 7.76. The number of hydrogen-bond acceptors (Lipinski definition) is 6. The highest BCUT2D eigenvalue weighted by atomic mass is 15.5. The lowest BCUT2D eigenvalue weighted by Gasteiger charge is -2.12. The Morgan fingerprint density at radius 1 is 1.00 bits per heavy atom. The van der Waals surface area contributed by atoms with E-state index in [-0.39, 0.29) is 0 Å². The number of unbranched alkanes of at least 4 members (excludes halogenated alkanes) is 1. The number of fused-ring (bicyclic) bond motifs is 1. The van der Waals surface area contributed by atoms with E-state index in [9.17, 15) is 0 Å². The Labute approximate surface area is 185 Å². The number of benzene rings is 2. The lowest BCUT2D eigenvalue weighted by Crippen LogP contribution is -2.07. The van der Waals surface area contributed by atoms with Crippen molar-refractivity contribution in [2.24, 2.45) is 0 Å². The minimum absolute atomic E-state index is 0.517. The Bertz CT molecular complexity index is 1340. The fourth-order valence-corrected chi connectivity index (χ4v) is 4.03. The van der Waals surface area contributed by atoms with Gasteiger partial charge in [0.2, 0.25) is 5.82 Å². The summed E-state index contributed by atoms with van der Waals surface area (Å²) >= 11 is 0. The van der Waals surface area contributed by atoms with Crippen molar-refractivity contribution in [3.8, 4) is 22.5 Å². The van der Waals surface area contributed by atoms with Gasteiger partial charge in [0.15, 0.2) is 0 Å². The van der Waals surface area contributed by atoms with Gasteiger partial charge in [0, 0.05) is 24.7 Å². The summed E-state index contributed by atoms with van der Waals surface area (Å²) in [6.07, 6.45) is 4.84. The number of rotatable bonds is 7. The maximum atomic E-state index is 6.22. The van der Waals surface area contributed by atoms with E-state index in [1.54, 1.807) is 6.20 Å². The molecule has 0 radical (unpaired) electrons. The Morgan fingerprint density at radius 2 is 1.81 bits per heavy atom. The van der Waals surface area contributed by atoms with Gasteiger partial charge >= 0.3 is 0 Å². The summed E-state index contributed by atoms with van der Waals surface area (Å²) in [4.78, 5) is 9.12. The molecule has 3 heterocycles. The molecule has 0 aliphatic rings. The molecule has 0 aliphatic heterocycles. The third kappa shape index (κ3) is 3.71. The van der Waals surface area contributed by atoms with Crippen molar-refractivity contribution in [1.82, 2.24) is 35.2 Å². The average molecular weight is 425 g/mol. The fourth-order valence-electron chi connectivity index (χ4n) is 4.03. The van der Waals surface area contributed by atoms with Crippen molar-refractivity contribution < 1.29 is 0 Å². The molecule has 2 aromatic carbocycles. The number of H-pyrrole nitrogens is 1. The first kappa shape index (κ1) is 19.9. The number of aromatic amines is 1. The Kier molecular flexibility index (Phi) is 5.33. The van der Waals surface area contributed by atoms with Gasteiger partial charge in [-0.3, -0.25) is 0 Å². The first-order valence-electron chi connectivity index (χ1n) is 10.8. The van der Waals surface area contributed by atoms with Crippen LogP contribution >= 0.6 is 0 Å². The predicted octanol–water partition coefficient (Wildman–Crippen LogP) is 4.25. The van der Waals surface area contributed by atoms with Gasteiger partial charge in [-0.2, -0.15) is 5.21 Å². The maximum absolute atomic E-state index is 6.22. The molecule has 0 spiro atoms. The molecule has 0 unspecified atom stereocenters. The zero-order valence-electron chi connectivity index (χ0n) is 17.9. The number of aromatic nitrogens is 7. The summed E-state index contributed by atoms with van der Waals surface area (Å²) in [5, 5.41) is 14.5. The summed E-state index contributed by atoms with van der Waals surface area (Å²) in [6, 6.07) is 18.5. The lowest BCUT2D eigenvalue weighted by atomic mass is 9.98. The standard InChI is InChI=1S/C24H24N8/c1-2-3-8-21-27-20-13-14-26-23(25)22(20)32(21)15-16-9-11-17(12-10-16)18-6-4-5-7-19(18)24-28-30-31-29-24/h4-7,9-14H,2-3,8,15H2,1H3,(H2,25,26)(H,28,29,30,31). The third-order valence-electron chi connectivity index (χ3n) is 5.64. The molecule has 3 aromatic heterocycles. The second kappa shape index (κ2) is 8.58. The van der Waals surface area contributed by atoms with Crippen LogP contribution < -0.4 is 5.73 Å². The van der Waals surface area contributed by atoms with E-state index < -0.39 is 0 Å². The zero-order valence-corrected chi connectivity index (χ0v) is 17.9. The monoisotopic (exact) mass is 424 g/mol. The highest BCUT2D eigenvalue weighted by Gasteiger charge is 2.15. The molecule has 160 valence electrons. The molecule has 0 atom stereocenters. The van der Waals surface area contributed by atoms with Crippen LogP contribution in [0.5, 0.6) is 0 Å². The molecule has 8 heteroatoms. The normalized spacial score (nSPS) is 11.3. The molecule has 0 amide bonds. The van der Waals surface area contributed by atoms with E-state index in [4.69, 9.17) is 10.7 Å². The lowest BCUT2D eigenvalue weighted by molar-refractivity contribution is 0.690. The van der Waals surface area contributed by atoms with E-state index >= 15 is 0 Å². The molecule has 0 saturated heterocycles. The smallest absolute Gasteiger partial charge is 0.205 e. The number of hydrogen-bond donors (Lipinski definition) is 2. The van der Waals surface area contributed by atoms with Crippen LogP contribution in [-0.2, 0) is 13.0 Å². The number of nitrogens with zero attached hydrogens (tertiary/aromatic N) is 6. The topological polar surface area (TPSA) is 111 Å². The van der Waals surface area contributed by atoms with Crippen molar-refractivity contribution in [1.29, 1.82) is 0 Å². The van der Waals surface area contributed by atoms with E-state index in [2.05, 4.69) is 67.4 Å². The van der Waals surface area contributed by atoms with Gasteiger partial charge in [0.25, 0.3) is 0 Å². The second-order valence-electron chi connectivity index (χ2n) is 7.76. The molecule has 3 N–H and O–H groups in total. The largest absolute Gasteiger partial charge is 0.382 e. The van der Waals surface area contributed by atoms with Crippen molar-refractivity contribution in [3.05, 3.63) is 72.2 Å². The Morgan fingerprint density at radius 3 is 2.56 bits per heavy atom. The van der Waals surface area contributed by atoms with Gasteiger partial charge in [0.1, 0.15) is 17.2 Å². The molecule has 5 aromatic rings.